The number of H-pyrrole nitrogens is 1. The second-order valence-corrected chi connectivity index (χ2v) is 8.76. The van der Waals surface area contributed by atoms with Gasteiger partial charge >= 0.3 is 0 Å². The van der Waals surface area contributed by atoms with Crippen LogP contribution in [0.1, 0.15) is 44.1 Å². The molecule has 0 radical (unpaired) electrons. The molecule has 0 spiro atoms. The lowest BCUT2D eigenvalue weighted by molar-refractivity contribution is 0.0958. The van der Waals surface area contributed by atoms with Crippen molar-refractivity contribution in [2.45, 2.75) is 26.1 Å². The standard InChI is InChI=1S/C26H25N3O5S/c1-27-24(31)18-9-6-17(7-10-18)13-34-14-19-15-35-26-22(19)25(32)28-23(29-26)21(30)11-8-16-4-3-5-20(12-16)33-2/h3-7,9-10,12,15H,8,11,13-14H2,1-2H3,(H,27,31)(H,28,29,32). The van der Waals surface area contributed by atoms with Gasteiger partial charge in [-0.2, -0.15) is 0 Å². The van der Waals surface area contributed by atoms with Crippen molar-refractivity contribution in [3.05, 3.63) is 92.3 Å². The average Bonchev–Trinajstić information content (AvgIpc) is 3.30. The first kappa shape index (κ1) is 24.3. The molecule has 4 rings (SSSR count). The van der Waals surface area contributed by atoms with Crippen LogP contribution >= 0.6 is 11.3 Å². The summed E-state index contributed by atoms with van der Waals surface area (Å²) in [6.07, 6.45) is 0.743. The van der Waals surface area contributed by atoms with E-state index in [0.717, 1.165) is 22.4 Å². The summed E-state index contributed by atoms with van der Waals surface area (Å²) in [5.74, 6) is 0.429. The number of nitrogens with one attached hydrogen (secondary N) is 2. The van der Waals surface area contributed by atoms with E-state index in [2.05, 4.69) is 15.3 Å². The highest BCUT2D eigenvalue weighted by Crippen LogP contribution is 2.23. The van der Waals surface area contributed by atoms with Crippen LogP contribution in [-0.2, 0) is 24.4 Å². The summed E-state index contributed by atoms with van der Waals surface area (Å²) in [4.78, 5) is 44.6. The lowest BCUT2D eigenvalue weighted by Gasteiger charge is -2.06. The fraction of sp³-hybridized carbons (Fsp3) is 0.231. The molecule has 4 aromatic rings. The third-order valence-corrected chi connectivity index (χ3v) is 6.45. The molecule has 0 bridgehead atoms. The Balaban J connectivity index is 1.39. The fourth-order valence-corrected chi connectivity index (χ4v) is 4.55. The Labute approximate surface area is 205 Å². The number of methoxy groups -OCH3 is 1. The zero-order valence-corrected chi connectivity index (χ0v) is 20.2. The molecule has 0 aliphatic heterocycles. The molecular weight excluding hydrogens is 466 g/mol. The van der Waals surface area contributed by atoms with E-state index in [1.807, 2.05) is 41.8 Å². The molecule has 1 amide bonds. The van der Waals surface area contributed by atoms with Gasteiger partial charge in [0.2, 0.25) is 0 Å². The molecule has 0 saturated carbocycles. The summed E-state index contributed by atoms with van der Waals surface area (Å²) < 4.78 is 11.0. The van der Waals surface area contributed by atoms with Gasteiger partial charge in [-0.25, -0.2) is 4.98 Å². The molecule has 2 aromatic carbocycles. The van der Waals surface area contributed by atoms with Gasteiger partial charge in [0.1, 0.15) is 10.6 Å². The number of aromatic amines is 1. The Morgan fingerprint density at radius 2 is 1.89 bits per heavy atom. The number of hydrogen-bond acceptors (Lipinski definition) is 7. The lowest BCUT2D eigenvalue weighted by Crippen LogP contribution is -2.17. The van der Waals surface area contributed by atoms with Crippen molar-refractivity contribution >= 4 is 33.2 Å². The number of nitrogens with zero attached hydrogens (tertiary/aromatic N) is 1. The molecule has 9 heteroatoms. The predicted molar refractivity (Wildman–Crippen MR) is 134 cm³/mol. The van der Waals surface area contributed by atoms with E-state index in [0.29, 0.717) is 28.8 Å². The minimum Gasteiger partial charge on any atom is -0.497 e. The van der Waals surface area contributed by atoms with E-state index in [-0.39, 0.29) is 36.1 Å². The Bertz CT molecular complexity index is 1410. The molecule has 2 aromatic heterocycles. The number of aromatic nitrogens is 2. The highest BCUT2D eigenvalue weighted by atomic mass is 32.1. The summed E-state index contributed by atoms with van der Waals surface area (Å²) >= 11 is 1.31. The van der Waals surface area contributed by atoms with Crippen LogP contribution in [0.4, 0.5) is 0 Å². The SMILES string of the molecule is CNC(=O)c1ccc(COCc2csc3nc(C(=O)CCc4cccc(OC)c4)[nH]c(=O)c23)cc1. The molecule has 8 nitrogen and oxygen atoms in total. The van der Waals surface area contributed by atoms with Gasteiger partial charge in [0.25, 0.3) is 11.5 Å². The number of ether oxygens (including phenoxy) is 2. The number of carbonyl (C=O) groups is 2. The van der Waals surface area contributed by atoms with Gasteiger partial charge in [-0.05, 0) is 47.2 Å². The smallest absolute Gasteiger partial charge is 0.260 e. The molecule has 0 saturated heterocycles. The normalized spacial score (nSPS) is 10.9. The summed E-state index contributed by atoms with van der Waals surface area (Å²) in [6, 6.07) is 14.7. The fourth-order valence-electron chi connectivity index (χ4n) is 3.62. The monoisotopic (exact) mass is 491 g/mol. The van der Waals surface area contributed by atoms with Gasteiger partial charge in [0.05, 0.1) is 25.7 Å². The highest BCUT2D eigenvalue weighted by molar-refractivity contribution is 7.16. The lowest BCUT2D eigenvalue weighted by atomic mass is 10.1. The summed E-state index contributed by atoms with van der Waals surface area (Å²) in [6.45, 7) is 0.558. The number of aryl methyl sites for hydroxylation is 1. The predicted octanol–water partition coefficient (Wildman–Crippen LogP) is 3.89. The third-order valence-electron chi connectivity index (χ3n) is 5.53. The largest absolute Gasteiger partial charge is 0.497 e. The van der Waals surface area contributed by atoms with E-state index >= 15 is 0 Å². The number of fused-ring (bicyclic) bond motifs is 1. The van der Waals surface area contributed by atoms with E-state index in [4.69, 9.17) is 9.47 Å². The zero-order valence-electron chi connectivity index (χ0n) is 19.4. The molecule has 35 heavy (non-hydrogen) atoms. The first-order chi connectivity index (χ1) is 17.0. The highest BCUT2D eigenvalue weighted by Gasteiger charge is 2.16. The Morgan fingerprint density at radius 1 is 1.09 bits per heavy atom. The molecule has 0 fully saturated rings. The van der Waals surface area contributed by atoms with Crippen molar-refractivity contribution in [1.29, 1.82) is 0 Å². The van der Waals surface area contributed by atoms with E-state index in [1.54, 1.807) is 26.3 Å². The van der Waals surface area contributed by atoms with E-state index < -0.39 is 0 Å². The maximum Gasteiger partial charge on any atom is 0.260 e. The summed E-state index contributed by atoms with van der Waals surface area (Å²) in [7, 11) is 3.18. The van der Waals surface area contributed by atoms with Crippen molar-refractivity contribution in [1.82, 2.24) is 15.3 Å². The van der Waals surface area contributed by atoms with Crippen molar-refractivity contribution in [3.63, 3.8) is 0 Å². The number of rotatable bonds is 10. The van der Waals surface area contributed by atoms with Gasteiger partial charge in [0.15, 0.2) is 11.6 Å². The quantitative estimate of drug-likeness (QED) is 0.326. The molecule has 2 heterocycles. The molecule has 0 aliphatic rings. The second-order valence-electron chi connectivity index (χ2n) is 7.90. The number of thiophene rings is 1. The van der Waals surface area contributed by atoms with Gasteiger partial charge in [0, 0.05) is 24.6 Å². The Morgan fingerprint density at radius 3 is 2.63 bits per heavy atom. The molecule has 0 unspecified atom stereocenters. The number of Topliss-reactive ketones (excluding diaryl/α,β-unsaturated/α-hetero) is 1. The summed E-state index contributed by atoms with van der Waals surface area (Å²) in [5.41, 5.74) is 2.82. The second kappa shape index (κ2) is 11.1. The van der Waals surface area contributed by atoms with Crippen LogP contribution in [0, 0.1) is 0 Å². The van der Waals surface area contributed by atoms with E-state index in [1.165, 1.54) is 11.3 Å². The molecular formula is C26H25N3O5S. The number of carbonyl (C=O) groups excluding carboxylic acids is 2. The number of benzene rings is 2. The first-order valence-electron chi connectivity index (χ1n) is 11.0. The maximum atomic E-state index is 12.8. The molecule has 2 N–H and O–H groups in total. The van der Waals surface area contributed by atoms with Crippen molar-refractivity contribution < 1.29 is 19.1 Å². The maximum absolute atomic E-state index is 12.8. The van der Waals surface area contributed by atoms with Crippen LogP contribution in [-0.4, -0.2) is 35.8 Å². The molecule has 0 atom stereocenters. The van der Waals surface area contributed by atoms with Crippen LogP contribution in [0.25, 0.3) is 10.2 Å². The summed E-state index contributed by atoms with van der Waals surface area (Å²) in [5, 5.41) is 4.85. The van der Waals surface area contributed by atoms with Crippen molar-refractivity contribution in [2.75, 3.05) is 14.2 Å². The molecule has 180 valence electrons. The minimum atomic E-state index is -0.352. The average molecular weight is 492 g/mol. The van der Waals surface area contributed by atoms with Crippen LogP contribution in [0.15, 0.2) is 58.7 Å². The number of hydrogen-bond donors (Lipinski definition) is 2. The van der Waals surface area contributed by atoms with Crippen LogP contribution < -0.4 is 15.6 Å². The van der Waals surface area contributed by atoms with Gasteiger partial charge in [-0.15, -0.1) is 11.3 Å². The Kier molecular flexibility index (Phi) is 7.69. The van der Waals surface area contributed by atoms with Gasteiger partial charge in [-0.1, -0.05) is 24.3 Å². The number of ketones is 1. The topological polar surface area (TPSA) is 110 Å². The van der Waals surface area contributed by atoms with Crippen molar-refractivity contribution in [3.8, 4) is 5.75 Å². The van der Waals surface area contributed by atoms with Crippen LogP contribution in [0.2, 0.25) is 0 Å². The van der Waals surface area contributed by atoms with Crippen LogP contribution in [0.5, 0.6) is 5.75 Å². The zero-order chi connectivity index (χ0) is 24.8. The minimum absolute atomic E-state index is 0.0657. The van der Waals surface area contributed by atoms with Crippen LogP contribution in [0.3, 0.4) is 0 Å². The van der Waals surface area contributed by atoms with Crippen molar-refractivity contribution in [2.24, 2.45) is 0 Å². The Hall–Kier alpha value is -3.82. The van der Waals surface area contributed by atoms with Gasteiger partial charge in [-0.3, -0.25) is 14.4 Å². The third kappa shape index (κ3) is 5.82. The molecule has 0 aliphatic carbocycles. The number of amides is 1. The van der Waals surface area contributed by atoms with Gasteiger partial charge < -0.3 is 19.8 Å². The first-order valence-corrected chi connectivity index (χ1v) is 11.9. The van der Waals surface area contributed by atoms with E-state index in [9.17, 15) is 14.4 Å².